The molecule has 0 unspecified atom stereocenters. The molecule has 1 fully saturated rings. The van der Waals surface area contributed by atoms with Crippen molar-refractivity contribution in [3.8, 4) is 0 Å². The highest BCUT2D eigenvalue weighted by molar-refractivity contribution is 5.97. The van der Waals surface area contributed by atoms with Crippen molar-refractivity contribution in [1.29, 1.82) is 0 Å². The van der Waals surface area contributed by atoms with Crippen LogP contribution < -0.4 is 10.9 Å². The minimum Gasteiger partial charge on any atom is -0.472 e. The summed E-state index contributed by atoms with van der Waals surface area (Å²) >= 11 is 0. The average molecular weight is 272 g/mol. The van der Waals surface area contributed by atoms with Crippen LogP contribution in [0.5, 0.6) is 0 Å². The van der Waals surface area contributed by atoms with Crippen molar-refractivity contribution >= 4 is 11.8 Å². The second kappa shape index (κ2) is 5.12. The zero-order valence-electron chi connectivity index (χ0n) is 10.5. The molecule has 3 rings (SSSR count). The lowest BCUT2D eigenvalue weighted by molar-refractivity contribution is 0.0843. The van der Waals surface area contributed by atoms with E-state index in [9.17, 15) is 9.59 Å². The van der Waals surface area contributed by atoms with Crippen LogP contribution in [0, 0.1) is 0 Å². The predicted octanol–water partition coefficient (Wildman–Crippen LogP) is 1.02. The largest absolute Gasteiger partial charge is 0.472 e. The first-order valence-corrected chi connectivity index (χ1v) is 6.20. The van der Waals surface area contributed by atoms with Gasteiger partial charge in [-0.3, -0.25) is 20.4 Å². The van der Waals surface area contributed by atoms with Gasteiger partial charge in [-0.05, 0) is 25.0 Å². The van der Waals surface area contributed by atoms with Crippen LogP contribution in [0.15, 0.2) is 35.3 Å². The van der Waals surface area contributed by atoms with Crippen LogP contribution in [0.4, 0.5) is 0 Å². The molecule has 0 bridgehead atoms. The molecule has 0 aromatic carbocycles. The fourth-order valence-corrected chi connectivity index (χ4v) is 1.68. The summed E-state index contributed by atoms with van der Waals surface area (Å²) in [6, 6.07) is 3.00. The number of furan rings is 1. The first kappa shape index (κ1) is 12.3. The summed E-state index contributed by atoms with van der Waals surface area (Å²) in [4.78, 5) is 31.8. The summed E-state index contributed by atoms with van der Waals surface area (Å²) in [7, 11) is 0. The lowest BCUT2D eigenvalue weighted by Crippen LogP contribution is -2.41. The number of hydrogen-bond acceptors (Lipinski definition) is 5. The van der Waals surface area contributed by atoms with Gasteiger partial charge >= 0.3 is 0 Å². The molecule has 2 aromatic rings. The Morgan fingerprint density at radius 2 is 2.00 bits per heavy atom. The Labute approximate surface area is 114 Å². The van der Waals surface area contributed by atoms with Gasteiger partial charge in [0.1, 0.15) is 17.8 Å². The molecule has 1 saturated carbocycles. The molecule has 1 aliphatic rings. The third-order valence-electron chi connectivity index (χ3n) is 2.92. The second-order valence-electron chi connectivity index (χ2n) is 4.49. The molecule has 2 aromatic heterocycles. The molecule has 1 aliphatic carbocycles. The van der Waals surface area contributed by atoms with E-state index < -0.39 is 11.8 Å². The minimum absolute atomic E-state index is 0.231. The van der Waals surface area contributed by atoms with E-state index in [-0.39, 0.29) is 5.69 Å². The Morgan fingerprint density at radius 1 is 1.20 bits per heavy atom. The van der Waals surface area contributed by atoms with Gasteiger partial charge in [-0.1, -0.05) is 0 Å². The summed E-state index contributed by atoms with van der Waals surface area (Å²) in [6.45, 7) is 0. The van der Waals surface area contributed by atoms with Crippen LogP contribution in [0.1, 0.15) is 45.4 Å². The van der Waals surface area contributed by atoms with E-state index in [1.807, 2.05) is 0 Å². The topological polar surface area (TPSA) is 97.1 Å². The summed E-state index contributed by atoms with van der Waals surface area (Å²) < 4.78 is 4.78. The van der Waals surface area contributed by atoms with Gasteiger partial charge < -0.3 is 4.42 Å². The van der Waals surface area contributed by atoms with Crippen LogP contribution in [0.25, 0.3) is 0 Å². The zero-order chi connectivity index (χ0) is 13.9. The number of nitrogens with one attached hydrogen (secondary N) is 2. The van der Waals surface area contributed by atoms with Gasteiger partial charge in [0.25, 0.3) is 11.8 Å². The summed E-state index contributed by atoms with van der Waals surface area (Å²) in [5.74, 6) is 0.108. The molecule has 7 nitrogen and oxygen atoms in total. The van der Waals surface area contributed by atoms with Crippen LogP contribution in [-0.2, 0) is 0 Å². The number of carbonyl (C=O) groups is 2. The average Bonchev–Trinajstić information content (AvgIpc) is 3.19. The number of carbonyl (C=O) groups excluding carboxylic acids is 2. The van der Waals surface area contributed by atoms with E-state index in [2.05, 4.69) is 20.8 Å². The molecule has 0 radical (unpaired) electrons. The van der Waals surface area contributed by atoms with Gasteiger partial charge in [-0.25, -0.2) is 9.97 Å². The number of hydrogen-bond donors (Lipinski definition) is 2. The van der Waals surface area contributed by atoms with E-state index in [0.29, 0.717) is 17.3 Å². The van der Waals surface area contributed by atoms with Gasteiger partial charge in [-0.2, -0.15) is 0 Å². The van der Waals surface area contributed by atoms with Crippen LogP contribution in [0.3, 0.4) is 0 Å². The van der Waals surface area contributed by atoms with Crippen LogP contribution in [0.2, 0.25) is 0 Å². The predicted molar refractivity (Wildman–Crippen MR) is 67.6 cm³/mol. The second-order valence-corrected chi connectivity index (χ2v) is 4.49. The van der Waals surface area contributed by atoms with Crippen molar-refractivity contribution in [3.05, 3.63) is 47.9 Å². The van der Waals surface area contributed by atoms with Crippen molar-refractivity contribution in [2.45, 2.75) is 18.8 Å². The molecule has 20 heavy (non-hydrogen) atoms. The normalized spacial score (nSPS) is 13.8. The summed E-state index contributed by atoms with van der Waals surface area (Å²) in [5, 5.41) is 0. The van der Waals surface area contributed by atoms with Crippen molar-refractivity contribution < 1.29 is 14.0 Å². The van der Waals surface area contributed by atoms with E-state index >= 15 is 0 Å². The first-order valence-electron chi connectivity index (χ1n) is 6.20. The number of amides is 2. The number of hydrazine groups is 1. The highest BCUT2D eigenvalue weighted by Crippen LogP contribution is 2.37. The highest BCUT2D eigenvalue weighted by Gasteiger charge is 2.27. The molecule has 2 N–H and O–H groups in total. The molecule has 2 heterocycles. The molecule has 2 amide bonds. The van der Waals surface area contributed by atoms with Crippen LogP contribution >= 0.6 is 0 Å². The number of rotatable bonds is 3. The Kier molecular flexibility index (Phi) is 3.16. The summed E-state index contributed by atoms with van der Waals surface area (Å²) in [6.07, 6.45) is 6.33. The van der Waals surface area contributed by atoms with Gasteiger partial charge in [-0.15, -0.1) is 0 Å². The Hall–Kier alpha value is -2.70. The van der Waals surface area contributed by atoms with E-state index in [1.165, 1.54) is 24.7 Å². The maximum atomic E-state index is 11.9. The van der Waals surface area contributed by atoms with Gasteiger partial charge in [0.2, 0.25) is 0 Å². The fourth-order valence-electron chi connectivity index (χ4n) is 1.68. The lowest BCUT2D eigenvalue weighted by atomic mass is 10.3. The first-order chi connectivity index (χ1) is 9.74. The Morgan fingerprint density at radius 3 is 2.70 bits per heavy atom. The third kappa shape index (κ3) is 2.66. The Bertz CT molecular complexity index is 635. The van der Waals surface area contributed by atoms with Crippen molar-refractivity contribution in [3.63, 3.8) is 0 Å². The van der Waals surface area contributed by atoms with E-state index in [1.54, 1.807) is 6.20 Å². The van der Waals surface area contributed by atoms with Crippen molar-refractivity contribution in [2.75, 3.05) is 0 Å². The van der Waals surface area contributed by atoms with Gasteiger partial charge in [0, 0.05) is 12.1 Å². The smallest absolute Gasteiger partial charge is 0.288 e. The fraction of sp³-hybridized carbons (Fsp3) is 0.231. The van der Waals surface area contributed by atoms with E-state index in [4.69, 9.17) is 4.42 Å². The Balaban J connectivity index is 1.61. The molecule has 102 valence electrons. The monoisotopic (exact) mass is 272 g/mol. The molecule has 7 heteroatoms. The SMILES string of the molecule is O=C(NNC(=O)c1ccnc(C2CC2)n1)c1ccoc1. The van der Waals surface area contributed by atoms with E-state index in [0.717, 1.165) is 12.8 Å². The van der Waals surface area contributed by atoms with Gasteiger partial charge in [0.15, 0.2) is 0 Å². The highest BCUT2D eigenvalue weighted by atomic mass is 16.3. The third-order valence-corrected chi connectivity index (χ3v) is 2.92. The standard InChI is InChI=1S/C13H12N4O3/c18-12(9-4-6-20-7-9)16-17-13(19)10-3-5-14-11(15-10)8-1-2-8/h3-8H,1-2H2,(H,16,18)(H,17,19). The molecule has 0 aliphatic heterocycles. The van der Waals surface area contributed by atoms with Crippen LogP contribution in [-0.4, -0.2) is 21.8 Å². The molecule has 0 atom stereocenters. The number of nitrogens with zero attached hydrogens (tertiary/aromatic N) is 2. The number of aromatic nitrogens is 2. The maximum absolute atomic E-state index is 11.9. The molecule has 0 saturated heterocycles. The molecular formula is C13H12N4O3. The van der Waals surface area contributed by atoms with Gasteiger partial charge in [0.05, 0.1) is 11.8 Å². The lowest BCUT2D eigenvalue weighted by Gasteiger charge is -2.06. The molecular weight excluding hydrogens is 260 g/mol. The minimum atomic E-state index is -0.480. The molecule has 0 spiro atoms. The van der Waals surface area contributed by atoms with Crippen molar-refractivity contribution in [2.24, 2.45) is 0 Å². The quantitative estimate of drug-likeness (QED) is 0.813. The summed E-state index contributed by atoms with van der Waals surface area (Å²) in [5.41, 5.74) is 5.15. The zero-order valence-corrected chi connectivity index (χ0v) is 10.5. The maximum Gasteiger partial charge on any atom is 0.288 e. The van der Waals surface area contributed by atoms with Crippen molar-refractivity contribution in [1.82, 2.24) is 20.8 Å².